The smallest absolute Gasteiger partial charge is 0.251 e. The van der Waals surface area contributed by atoms with Crippen LogP contribution in [0.1, 0.15) is 11.1 Å². The maximum Gasteiger partial charge on any atom is 0.251 e. The molecule has 5 atom stereocenters. The van der Waals surface area contributed by atoms with Gasteiger partial charge < -0.3 is 36.2 Å². The van der Waals surface area contributed by atoms with Crippen LogP contribution in [0.25, 0.3) is 11.3 Å². The molecule has 1 saturated carbocycles. The molecular formula is C22H22N2O8. The number of likely N-dealkylation sites (N-methyl/N-ethyl adjacent to an activating group) is 1. The van der Waals surface area contributed by atoms with Gasteiger partial charge in [-0.2, -0.15) is 0 Å². The van der Waals surface area contributed by atoms with E-state index in [4.69, 9.17) is 5.73 Å². The molecule has 0 radical (unpaired) electrons. The summed E-state index contributed by atoms with van der Waals surface area (Å²) < 4.78 is 0. The van der Waals surface area contributed by atoms with E-state index in [1.54, 1.807) is 0 Å². The SMILES string of the molecule is C=C1c2cccc(O)c2C(O)=C2C(=O)[C@]3(O)C([O-])=C(C(N)=O)C(=O)[C@@H]([NH+](C)C)[C@@H]3[C@@H](O)[C@H]12. The number of carbonyl (C=O) groups excluding carboxylic acids is 3. The fraction of sp³-hybridized carbons (Fsp3) is 0.318. The molecule has 7 N–H and O–H groups in total. The predicted molar refractivity (Wildman–Crippen MR) is 107 cm³/mol. The first kappa shape index (κ1) is 21.8. The van der Waals surface area contributed by atoms with Gasteiger partial charge in [0.15, 0.2) is 17.4 Å². The average Bonchev–Trinajstić information content (AvgIpc) is 2.70. The van der Waals surface area contributed by atoms with E-state index in [0.717, 1.165) is 0 Å². The molecule has 0 aromatic heterocycles. The summed E-state index contributed by atoms with van der Waals surface area (Å²) in [6, 6.07) is 2.91. The minimum absolute atomic E-state index is 0.139. The second kappa shape index (κ2) is 6.76. The number of amides is 1. The van der Waals surface area contributed by atoms with E-state index >= 15 is 0 Å². The maximum absolute atomic E-state index is 13.6. The zero-order valence-electron chi connectivity index (χ0n) is 17.2. The summed E-state index contributed by atoms with van der Waals surface area (Å²) in [6.07, 6.45) is -1.71. The third-order valence-corrected chi connectivity index (χ3v) is 6.68. The standard InChI is InChI=1S/C22H22N2O8/c1-7-8-5-4-6-9(25)11(8)16(26)12-10(7)17(27)14-15(24(2)3)18(28)13(21(23)31)20(30)22(14,32)19(12)29/h4-6,10,14-15,17,25-27,30,32H,1H2,2-3H3,(H2,23,31)/t10-,14-,15+,17+,22+/m1/s1. The van der Waals surface area contributed by atoms with Crippen molar-refractivity contribution >= 4 is 28.8 Å². The summed E-state index contributed by atoms with van der Waals surface area (Å²) in [7, 11) is 3.00. The van der Waals surface area contributed by atoms with Crippen molar-refractivity contribution in [2.45, 2.75) is 17.7 Å². The summed E-state index contributed by atoms with van der Waals surface area (Å²) in [5.74, 6) is -9.21. The van der Waals surface area contributed by atoms with Crippen molar-refractivity contribution in [3.63, 3.8) is 0 Å². The number of aliphatic hydroxyl groups excluding tert-OH is 2. The van der Waals surface area contributed by atoms with E-state index in [2.05, 4.69) is 6.58 Å². The first-order valence-electron chi connectivity index (χ1n) is 9.83. The van der Waals surface area contributed by atoms with Gasteiger partial charge in [-0.05, 0) is 17.2 Å². The molecule has 10 nitrogen and oxygen atoms in total. The third-order valence-electron chi connectivity index (χ3n) is 6.68. The molecule has 0 heterocycles. The number of nitrogens with two attached hydrogens (primary N) is 1. The number of hydrogen-bond donors (Lipinski definition) is 6. The van der Waals surface area contributed by atoms with E-state index in [1.807, 2.05) is 0 Å². The van der Waals surface area contributed by atoms with Crippen LogP contribution in [0.5, 0.6) is 5.75 Å². The van der Waals surface area contributed by atoms with Crippen molar-refractivity contribution in [1.82, 2.24) is 0 Å². The van der Waals surface area contributed by atoms with E-state index in [0.29, 0.717) is 4.90 Å². The molecule has 0 bridgehead atoms. The Hall–Kier alpha value is -3.47. The maximum atomic E-state index is 13.6. The lowest BCUT2D eigenvalue weighted by Crippen LogP contribution is -3.13. The second-order valence-electron chi connectivity index (χ2n) is 8.56. The summed E-state index contributed by atoms with van der Waals surface area (Å²) >= 11 is 0. The van der Waals surface area contributed by atoms with Gasteiger partial charge in [0.1, 0.15) is 11.5 Å². The highest BCUT2D eigenvalue weighted by Crippen LogP contribution is 2.54. The van der Waals surface area contributed by atoms with Gasteiger partial charge in [-0.15, -0.1) is 0 Å². The number of benzene rings is 1. The highest BCUT2D eigenvalue weighted by atomic mass is 16.4. The molecule has 32 heavy (non-hydrogen) atoms. The number of phenolic OH excluding ortho intramolecular Hbond substituents is 1. The lowest BCUT2D eigenvalue weighted by atomic mass is 9.55. The summed E-state index contributed by atoms with van der Waals surface area (Å²) in [5.41, 5.74) is 0.888. The molecule has 1 aromatic rings. The molecule has 0 unspecified atom stereocenters. The molecule has 4 rings (SSSR count). The van der Waals surface area contributed by atoms with Gasteiger partial charge in [-0.3, -0.25) is 14.4 Å². The van der Waals surface area contributed by atoms with Crippen LogP contribution < -0.4 is 15.7 Å². The van der Waals surface area contributed by atoms with Crippen LogP contribution in [0.3, 0.4) is 0 Å². The molecule has 10 heteroatoms. The van der Waals surface area contributed by atoms with Crippen molar-refractivity contribution < 1.29 is 44.8 Å². The molecule has 168 valence electrons. The van der Waals surface area contributed by atoms with Gasteiger partial charge in [0.05, 0.1) is 42.8 Å². The number of aromatic hydroxyl groups is 1. The molecule has 0 saturated heterocycles. The highest BCUT2D eigenvalue weighted by Gasteiger charge is 2.66. The third kappa shape index (κ3) is 2.42. The van der Waals surface area contributed by atoms with Crippen LogP contribution in [0.15, 0.2) is 41.7 Å². The Morgan fingerprint density at radius 1 is 1.25 bits per heavy atom. The number of quaternary nitrogens is 1. The molecule has 1 aromatic carbocycles. The van der Waals surface area contributed by atoms with Crippen LogP contribution in [-0.4, -0.2) is 69.7 Å². The van der Waals surface area contributed by atoms with Crippen molar-refractivity contribution in [3.05, 3.63) is 52.8 Å². The van der Waals surface area contributed by atoms with Crippen LogP contribution in [0.2, 0.25) is 0 Å². The molecule has 0 aliphatic heterocycles. The van der Waals surface area contributed by atoms with Gasteiger partial charge in [-0.1, -0.05) is 24.5 Å². The zero-order chi connectivity index (χ0) is 23.9. The zero-order valence-corrected chi connectivity index (χ0v) is 17.2. The molecule has 1 fully saturated rings. The lowest BCUT2D eigenvalue weighted by molar-refractivity contribution is -0.881. The molecule has 0 spiro atoms. The van der Waals surface area contributed by atoms with Crippen LogP contribution in [0.4, 0.5) is 0 Å². The average molecular weight is 442 g/mol. The number of hydrogen-bond acceptors (Lipinski definition) is 8. The van der Waals surface area contributed by atoms with Crippen LogP contribution >= 0.6 is 0 Å². The molecule has 3 aliphatic carbocycles. The second-order valence-corrected chi connectivity index (χ2v) is 8.56. The number of primary amides is 1. The Morgan fingerprint density at radius 2 is 1.88 bits per heavy atom. The number of carbonyl (C=O) groups is 3. The number of nitrogens with one attached hydrogen (secondary N) is 1. The number of ketones is 2. The highest BCUT2D eigenvalue weighted by molar-refractivity contribution is 6.24. The minimum Gasteiger partial charge on any atom is -0.873 e. The number of phenols is 1. The molecular weight excluding hydrogens is 420 g/mol. The van der Waals surface area contributed by atoms with Crippen molar-refractivity contribution in [2.75, 3.05) is 14.1 Å². The predicted octanol–water partition coefficient (Wildman–Crippen LogP) is -3.21. The topological polar surface area (TPSA) is 186 Å². The summed E-state index contributed by atoms with van der Waals surface area (Å²) in [6.45, 7) is 3.91. The molecule has 3 aliphatic rings. The van der Waals surface area contributed by atoms with Crippen LogP contribution in [-0.2, 0) is 14.4 Å². The number of fused-ring (bicyclic) bond motifs is 3. The largest absolute Gasteiger partial charge is 0.873 e. The Labute approximate surface area is 182 Å². The Balaban J connectivity index is 2.08. The number of rotatable bonds is 2. The van der Waals surface area contributed by atoms with E-state index in [9.17, 15) is 39.9 Å². The van der Waals surface area contributed by atoms with Gasteiger partial charge in [0.2, 0.25) is 5.78 Å². The minimum atomic E-state index is -3.03. The van der Waals surface area contributed by atoms with Crippen molar-refractivity contribution in [2.24, 2.45) is 17.6 Å². The van der Waals surface area contributed by atoms with Crippen molar-refractivity contribution in [1.29, 1.82) is 0 Å². The Morgan fingerprint density at radius 3 is 2.44 bits per heavy atom. The quantitative estimate of drug-likeness (QED) is 0.258. The van der Waals surface area contributed by atoms with Crippen molar-refractivity contribution in [3.8, 4) is 5.75 Å². The Bertz CT molecular complexity index is 1180. The fourth-order valence-electron chi connectivity index (χ4n) is 5.29. The number of aliphatic hydroxyl groups is 3. The van der Waals surface area contributed by atoms with Gasteiger partial charge in [-0.25, -0.2) is 0 Å². The first-order chi connectivity index (χ1) is 14.9. The number of Topliss-reactive ketones (excluding diaryl/α,β-unsaturated/α-hetero) is 2. The molecule has 1 amide bonds. The van der Waals surface area contributed by atoms with E-state index < -0.39 is 69.7 Å². The lowest BCUT2D eigenvalue weighted by Gasteiger charge is -2.54. The fourth-order valence-corrected chi connectivity index (χ4v) is 5.29. The monoisotopic (exact) mass is 442 g/mol. The van der Waals surface area contributed by atoms with Gasteiger partial charge >= 0.3 is 0 Å². The first-order valence-corrected chi connectivity index (χ1v) is 9.83. The van der Waals surface area contributed by atoms with Gasteiger partial charge in [0.25, 0.3) is 5.91 Å². The van der Waals surface area contributed by atoms with E-state index in [1.165, 1.54) is 32.3 Å². The van der Waals surface area contributed by atoms with Gasteiger partial charge in [0, 0.05) is 5.92 Å². The Kier molecular flexibility index (Phi) is 4.60. The summed E-state index contributed by atoms with van der Waals surface area (Å²) in [5, 5.41) is 57.0. The summed E-state index contributed by atoms with van der Waals surface area (Å²) in [4.78, 5) is 38.8. The van der Waals surface area contributed by atoms with E-state index in [-0.39, 0.29) is 22.4 Å². The normalized spacial score (nSPS) is 32.1. The van der Waals surface area contributed by atoms with Crippen LogP contribution in [0, 0.1) is 11.8 Å².